The fraction of sp³-hybridized carbons (Fsp3) is 0.647. The molecule has 0 bridgehead atoms. The monoisotopic (exact) mass is 355 g/mol. The Morgan fingerprint density at radius 2 is 1.90 bits per heavy atom. The zero-order chi connectivity index (χ0) is 15.8. The lowest BCUT2D eigenvalue weighted by atomic mass is 10.0. The molecule has 0 saturated heterocycles. The number of nitrogens with zero attached hydrogens (tertiary/aromatic N) is 2. The molecule has 0 fully saturated rings. The van der Waals surface area contributed by atoms with Crippen LogP contribution in [0.25, 0.3) is 0 Å². The highest BCUT2D eigenvalue weighted by molar-refractivity contribution is 9.10. The van der Waals surface area contributed by atoms with E-state index < -0.39 is 0 Å². The fourth-order valence-corrected chi connectivity index (χ4v) is 2.95. The molecule has 0 spiro atoms. The van der Waals surface area contributed by atoms with E-state index in [9.17, 15) is 0 Å². The second-order valence-electron chi connectivity index (χ2n) is 5.72. The van der Waals surface area contributed by atoms with E-state index in [1.54, 1.807) is 0 Å². The summed E-state index contributed by atoms with van der Waals surface area (Å²) in [4.78, 5) is 4.73. The number of rotatable bonds is 9. The van der Waals surface area contributed by atoms with Crippen molar-refractivity contribution >= 4 is 21.6 Å². The average molecular weight is 356 g/mol. The summed E-state index contributed by atoms with van der Waals surface area (Å²) in [6, 6.07) is 7.00. The van der Waals surface area contributed by atoms with E-state index in [1.165, 1.54) is 17.7 Å². The molecule has 120 valence electrons. The van der Waals surface area contributed by atoms with Crippen molar-refractivity contribution in [2.45, 2.75) is 33.2 Å². The Bertz CT molecular complexity index is 420. The number of nitrogens with one attached hydrogen (secondary N) is 1. The summed E-state index contributed by atoms with van der Waals surface area (Å²) in [5.41, 5.74) is 2.73. The molecule has 0 aromatic heterocycles. The molecule has 1 N–H and O–H groups in total. The molecule has 0 aliphatic heterocycles. The minimum Gasteiger partial charge on any atom is -0.371 e. The van der Waals surface area contributed by atoms with Gasteiger partial charge in [-0.05, 0) is 65.1 Å². The minimum absolute atomic E-state index is 0.376. The first-order chi connectivity index (χ1) is 9.99. The van der Waals surface area contributed by atoms with Gasteiger partial charge in [0.25, 0.3) is 0 Å². The molecule has 1 unspecified atom stereocenters. The van der Waals surface area contributed by atoms with Gasteiger partial charge in [-0.25, -0.2) is 0 Å². The molecule has 0 radical (unpaired) electrons. The highest BCUT2D eigenvalue weighted by atomic mass is 79.9. The maximum atomic E-state index is 3.62. The Hall–Kier alpha value is -0.580. The number of hydrogen-bond donors (Lipinski definition) is 1. The number of hydrogen-bond acceptors (Lipinski definition) is 3. The van der Waals surface area contributed by atoms with Gasteiger partial charge in [0, 0.05) is 29.3 Å². The summed E-state index contributed by atoms with van der Waals surface area (Å²) in [5.74, 6) is 0. The van der Waals surface area contributed by atoms with Gasteiger partial charge < -0.3 is 15.1 Å². The lowest BCUT2D eigenvalue weighted by Gasteiger charge is -2.29. The van der Waals surface area contributed by atoms with Crippen LogP contribution in [-0.2, 0) is 0 Å². The normalized spacial score (nSPS) is 12.7. The van der Waals surface area contributed by atoms with Crippen molar-refractivity contribution in [1.29, 1.82) is 0 Å². The van der Waals surface area contributed by atoms with Gasteiger partial charge in [0.15, 0.2) is 0 Å². The van der Waals surface area contributed by atoms with Crippen LogP contribution < -0.4 is 10.2 Å². The zero-order valence-electron chi connectivity index (χ0n) is 14.1. The Balaban J connectivity index is 2.92. The van der Waals surface area contributed by atoms with Gasteiger partial charge in [-0.1, -0.05) is 28.9 Å². The van der Waals surface area contributed by atoms with Gasteiger partial charge in [0.1, 0.15) is 0 Å². The van der Waals surface area contributed by atoms with Crippen molar-refractivity contribution in [3.63, 3.8) is 0 Å². The quantitative estimate of drug-likeness (QED) is 0.724. The third-order valence-corrected chi connectivity index (χ3v) is 4.22. The van der Waals surface area contributed by atoms with Crippen LogP contribution in [0, 0.1) is 0 Å². The first-order valence-corrected chi connectivity index (χ1v) is 8.71. The second-order valence-corrected chi connectivity index (χ2v) is 6.63. The third kappa shape index (κ3) is 5.97. The number of halogens is 1. The van der Waals surface area contributed by atoms with Crippen LogP contribution in [0.1, 0.15) is 38.8 Å². The number of benzene rings is 1. The van der Waals surface area contributed by atoms with Crippen molar-refractivity contribution in [1.82, 2.24) is 10.2 Å². The van der Waals surface area contributed by atoms with Gasteiger partial charge >= 0.3 is 0 Å². The fourth-order valence-electron chi connectivity index (χ4n) is 2.60. The largest absolute Gasteiger partial charge is 0.371 e. The molecule has 0 amide bonds. The molecule has 1 rings (SSSR count). The Morgan fingerprint density at radius 3 is 2.48 bits per heavy atom. The molecule has 1 aromatic carbocycles. The van der Waals surface area contributed by atoms with Gasteiger partial charge in [-0.3, -0.25) is 0 Å². The summed E-state index contributed by atoms with van der Waals surface area (Å²) < 4.78 is 1.15. The second kappa shape index (κ2) is 9.44. The topological polar surface area (TPSA) is 18.5 Å². The van der Waals surface area contributed by atoms with E-state index in [-0.39, 0.29) is 0 Å². The molecule has 21 heavy (non-hydrogen) atoms. The predicted molar refractivity (Wildman–Crippen MR) is 97.3 cm³/mol. The smallest absolute Gasteiger partial charge is 0.0425 e. The molecule has 0 heterocycles. The van der Waals surface area contributed by atoms with E-state index in [1.807, 2.05) is 0 Å². The van der Waals surface area contributed by atoms with Crippen molar-refractivity contribution in [3.8, 4) is 0 Å². The van der Waals surface area contributed by atoms with Gasteiger partial charge in [-0.15, -0.1) is 0 Å². The highest BCUT2D eigenvalue weighted by Crippen LogP contribution is 2.30. The van der Waals surface area contributed by atoms with Crippen LogP contribution in [0.5, 0.6) is 0 Å². The summed E-state index contributed by atoms with van der Waals surface area (Å²) in [7, 11) is 4.27. The maximum Gasteiger partial charge on any atom is 0.0425 e. The molecule has 1 atom stereocenters. The molecule has 4 heteroatoms. The first kappa shape index (κ1) is 18.5. The van der Waals surface area contributed by atoms with E-state index in [0.717, 1.165) is 30.7 Å². The highest BCUT2D eigenvalue weighted by Gasteiger charge is 2.14. The summed E-state index contributed by atoms with van der Waals surface area (Å²) >= 11 is 3.62. The van der Waals surface area contributed by atoms with Gasteiger partial charge in [-0.2, -0.15) is 0 Å². The standard InChI is InChI=1S/C17H30BrN3/c1-6-19-14(3)16-10-9-15(18)13-17(16)21(7-2)12-8-11-20(4)5/h9-10,13-14,19H,6-8,11-12H2,1-5H3. The molecular weight excluding hydrogens is 326 g/mol. The third-order valence-electron chi connectivity index (χ3n) is 3.73. The van der Waals surface area contributed by atoms with Crippen LogP contribution in [0.2, 0.25) is 0 Å². The van der Waals surface area contributed by atoms with Crippen molar-refractivity contribution in [2.75, 3.05) is 45.2 Å². The van der Waals surface area contributed by atoms with Crippen LogP contribution >= 0.6 is 15.9 Å². The average Bonchev–Trinajstić information content (AvgIpc) is 2.43. The summed E-state index contributed by atoms with van der Waals surface area (Å²) in [6.45, 7) is 10.9. The SMILES string of the molecule is CCNC(C)c1ccc(Br)cc1N(CC)CCCN(C)C. The molecule has 0 aliphatic carbocycles. The summed E-state index contributed by atoms with van der Waals surface area (Å²) in [5, 5.41) is 3.52. The van der Waals surface area contributed by atoms with Crippen LogP contribution in [0.4, 0.5) is 5.69 Å². The predicted octanol–water partition coefficient (Wildman–Crippen LogP) is 3.90. The van der Waals surface area contributed by atoms with E-state index in [4.69, 9.17) is 0 Å². The van der Waals surface area contributed by atoms with Gasteiger partial charge in [0.2, 0.25) is 0 Å². The van der Waals surface area contributed by atoms with Crippen LogP contribution in [0.15, 0.2) is 22.7 Å². The van der Waals surface area contributed by atoms with E-state index in [0.29, 0.717) is 6.04 Å². The maximum absolute atomic E-state index is 3.62. The van der Waals surface area contributed by atoms with E-state index >= 15 is 0 Å². The first-order valence-electron chi connectivity index (χ1n) is 7.92. The Kier molecular flexibility index (Phi) is 8.30. The van der Waals surface area contributed by atoms with E-state index in [2.05, 4.69) is 84.1 Å². The van der Waals surface area contributed by atoms with Crippen molar-refractivity contribution in [3.05, 3.63) is 28.2 Å². The molecular formula is C17H30BrN3. The lowest BCUT2D eigenvalue weighted by Crippen LogP contribution is -2.29. The van der Waals surface area contributed by atoms with Crippen molar-refractivity contribution < 1.29 is 0 Å². The van der Waals surface area contributed by atoms with Crippen molar-refractivity contribution in [2.24, 2.45) is 0 Å². The molecule has 1 aromatic rings. The van der Waals surface area contributed by atoms with Crippen LogP contribution in [-0.4, -0.2) is 45.2 Å². The Morgan fingerprint density at radius 1 is 1.19 bits per heavy atom. The molecule has 0 aliphatic rings. The molecule has 3 nitrogen and oxygen atoms in total. The van der Waals surface area contributed by atoms with Crippen LogP contribution in [0.3, 0.4) is 0 Å². The lowest BCUT2D eigenvalue weighted by molar-refractivity contribution is 0.400. The minimum atomic E-state index is 0.376. The Labute approximate surface area is 138 Å². The van der Waals surface area contributed by atoms with Gasteiger partial charge in [0.05, 0.1) is 0 Å². The summed E-state index contributed by atoms with van der Waals surface area (Å²) in [6.07, 6.45) is 1.18. The number of anilines is 1. The molecule has 0 saturated carbocycles. The zero-order valence-corrected chi connectivity index (χ0v) is 15.7.